The van der Waals surface area contributed by atoms with Gasteiger partial charge in [-0.25, -0.2) is 9.98 Å². The topological polar surface area (TPSA) is 87.7 Å². The van der Waals surface area contributed by atoms with Gasteiger partial charge in [-0.1, -0.05) is 0 Å². The molecule has 0 spiro atoms. The van der Waals surface area contributed by atoms with Crippen LogP contribution in [0.15, 0.2) is 32.2 Å². The van der Waals surface area contributed by atoms with Gasteiger partial charge in [0.25, 0.3) is 0 Å². The van der Waals surface area contributed by atoms with Crippen molar-refractivity contribution in [1.29, 1.82) is 0 Å². The highest BCUT2D eigenvalue weighted by Crippen LogP contribution is 2.50. The molecule has 1 aromatic heterocycles. The number of guanidine groups is 1. The van der Waals surface area contributed by atoms with E-state index in [0.717, 1.165) is 22.7 Å². The number of rotatable bonds is 2. The Labute approximate surface area is 196 Å². The first kappa shape index (κ1) is 23.1. The molecule has 0 aromatic carbocycles. The van der Waals surface area contributed by atoms with E-state index >= 15 is 0 Å². The average Bonchev–Trinajstić information content (AvgIpc) is 2.73. The van der Waals surface area contributed by atoms with Gasteiger partial charge in [-0.15, -0.1) is 0 Å². The molecule has 1 aliphatic carbocycles. The van der Waals surface area contributed by atoms with Crippen LogP contribution in [0.25, 0.3) is 0 Å². The summed E-state index contributed by atoms with van der Waals surface area (Å²) in [5.41, 5.74) is 2.38. The van der Waals surface area contributed by atoms with Crippen molar-refractivity contribution in [2.75, 3.05) is 19.7 Å². The van der Waals surface area contributed by atoms with Crippen LogP contribution in [-0.4, -0.2) is 75.8 Å². The van der Waals surface area contributed by atoms with Crippen molar-refractivity contribution in [3.05, 3.63) is 23.5 Å². The number of ether oxygens (including phenoxy) is 1. The third kappa shape index (κ3) is 4.03. The van der Waals surface area contributed by atoms with Crippen LogP contribution >= 0.6 is 0 Å². The summed E-state index contributed by atoms with van der Waals surface area (Å²) < 4.78 is 45.7. The van der Waals surface area contributed by atoms with E-state index in [1.54, 1.807) is 6.20 Å². The van der Waals surface area contributed by atoms with E-state index in [1.807, 2.05) is 38.7 Å². The van der Waals surface area contributed by atoms with Crippen LogP contribution in [0.3, 0.4) is 0 Å². The normalized spacial score (nSPS) is 33.8. The second-order valence-corrected chi connectivity index (χ2v) is 9.76. The summed E-state index contributed by atoms with van der Waals surface area (Å²) in [7, 11) is 0. The number of fused-ring (bicyclic) bond motifs is 1. The second kappa shape index (κ2) is 8.21. The molecule has 4 heterocycles. The van der Waals surface area contributed by atoms with Crippen LogP contribution in [0.5, 0.6) is 0 Å². The maximum atomic E-state index is 13.2. The molecule has 3 aliphatic heterocycles. The molecule has 5 rings (SSSR count). The molecule has 2 fully saturated rings. The Kier molecular flexibility index (Phi) is 5.57. The van der Waals surface area contributed by atoms with Crippen molar-refractivity contribution in [1.82, 2.24) is 15.1 Å². The van der Waals surface area contributed by atoms with E-state index in [9.17, 15) is 13.2 Å². The molecule has 0 amide bonds. The molecule has 182 valence electrons. The van der Waals surface area contributed by atoms with E-state index < -0.39 is 23.7 Å². The maximum Gasteiger partial charge on any atom is 0.391 e. The van der Waals surface area contributed by atoms with Gasteiger partial charge in [-0.05, 0) is 52.5 Å². The number of nitrogens with zero attached hydrogens (tertiary/aromatic N) is 7. The Morgan fingerprint density at radius 2 is 1.88 bits per heavy atom. The fourth-order valence-electron chi connectivity index (χ4n) is 5.15. The number of amidine groups is 1. The first-order chi connectivity index (χ1) is 16.0. The molecule has 2 unspecified atom stereocenters. The van der Waals surface area contributed by atoms with Crippen molar-refractivity contribution in [3.8, 4) is 0 Å². The third-order valence-electron chi connectivity index (χ3n) is 7.29. The number of alkyl halides is 3. The summed E-state index contributed by atoms with van der Waals surface area (Å²) in [4.78, 5) is 21.3. The number of aromatic nitrogens is 2. The second-order valence-electron chi connectivity index (χ2n) is 9.76. The number of halogens is 3. The summed E-state index contributed by atoms with van der Waals surface area (Å²) >= 11 is 0. The predicted octanol–water partition coefficient (Wildman–Crippen LogP) is 3.58. The zero-order valence-electron chi connectivity index (χ0n) is 19.7. The summed E-state index contributed by atoms with van der Waals surface area (Å²) in [6.07, 6.45) is -2.61. The number of hydrogen-bond acceptors (Lipinski definition) is 8. The molecular formula is C23H28F3N7O. The number of hydrogen-bond donors (Lipinski definition) is 0. The van der Waals surface area contributed by atoms with E-state index in [4.69, 9.17) is 24.7 Å². The van der Waals surface area contributed by atoms with Crippen LogP contribution in [0.4, 0.5) is 13.2 Å². The zero-order chi connectivity index (χ0) is 24.3. The third-order valence-corrected chi connectivity index (χ3v) is 7.29. The lowest BCUT2D eigenvalue weighted by Gasteiger charge is -2.47. The molecule has 1 aromatic rings. The molecule has 8 nitrogen and oxygen atoms in total. The molecule has 34 heavy (non-hydrogen) atoms. The molecule has 0 radical (unpaired) electrons. The van der Waals surface area contributed by atoms with Crippen molar-refractivity contribution in [2.24, 2.45) is 31.8 Å². The Hall–Kier alpha value is -2.69. The standard InChI is InChI=1S/C23H28F3N7O/c1-12-7-16(10-27-32-12)18-11-33(5-6-34-18)21-29-19(15-8-17(9-15)23(24,25)26)22(4)20(30-21)28-13(2)14(3)31-22/h7,10,15,17-19H,5-6,8-9,11H2,1-4H3/t15-,17-,18-,19?,22?/m1/s1. The lowest BCUT2D eigenvalue weighted by molar-refractivity contribution is -0.206. The van der Waals surface area contributed by atoms with Gasteiger partial charge in [-0.3, -0.25) is 4.99 Å². The maximum absolute atomic E-state index is 13.2. The number of morpholine rings is 1. The minimum Gasteiger partial charge on any atom is -0.370 e. The van der Waals surface area contributed by atoms with Gasteiger partial charge in [0.2, 0.25) is 5.96 Å². The fraction of sp³-hybridized carbons (Fsp3) is 0.652. The zero-order valence-corrected chi connectivity index (χ0v) is 19.7. The van der Waals surface area contributed by atoms with Gasteiger partial charge in [-0.2, -0.15) is 28.4 Å². The lowest BCUT2D eigenvalue weighted by atomic mass is 9.65. The summed E-state index contributed by atoms with van der Waals surface area (Å²) in [5.74, 6) is -0.501. The molecule has 11 heteroatoms. The van der Waals surface area contributed by atoms with Gasteiger partial charge >= 0.3 is 6.18 Å². The molecule has 0 bridgehead atoms. The quantitative estimate of drug-likeness (QED) is 0.654. The number of aliphatic imine (C=N–C) groups is 4. The Morgan fingerprint density at radius 3 is 2.59 bits per heavy atom. The number of aryl methyl sites for hydroxylation is 1. The SMILES string of the molecule is CC1=NC2=NC(N3CCO[C@@H](c4cnnc(C)c4)C3)=NC([C@H]3C[C@H](C(F)(F)F)C3)C2(C)N=C1C. The van der Waals surface area contributed by atoms with E-state index in [0.29, 0.717) is 31.5 Å². The molecule has 1 saturated carbocycles. The monoisotopic (exact) mass is 475 g/mol. The highest BCUT2D eigenvalue weighted by Gasteiger charge is 2.56. The van der Waals surface area contributed by atoms with Gasteiger partial charge in [0.05, 0.1) is 48.4 Å². The predicted molar refractivity (Wildman–Crippen MR) is 123 cm³/mol. The summed E-state index contributed by atoms with van der Waals surface area (Å²) in [6.45, 7) is 9.06. The van der Waals surface area contributed by atoms with Crippen LogP contribution in [0.2, 0.25) is 0 Å². The molecule has 0 N–H and O–H groups in total. The highest BCUT2D eigenvalue weighted by atomic mass is 19.4. The van der Waals surface area contributed by atoms with E-state index in [2.05, 4.69) is 10.2 Å². The average molecular weight is 476 g/mol. The van der Waals surface area contributed by atoms with Crippen LogP contribution < -0.4 is 0 Å². The lowest BCUT2D eigenvalue weighted by Crippen LogP contribution is -2.57. The van der Waals surface area contributed by atoms with Crippen molar-refractivity contribution in [3.63, 3.8) is 0 Å². The van der Waals surface area contributed by atoms with Crippen LogP contribution in [0.1, 0.15) is 51.0 Å². The fourth-order valence-corrected chi connectivity index (χ4v) is 5.15. The summed E-state index contributed by atoms with van der Waals surface area (Å²) in [5, 5.41) is 8.03. The Morgan fingerprint density at radius 1 is 1.12 bits per heavy atom. The smallest absolute Gasteiger partial charge is 0.370 e. The van der Waals surface area contributed by atoms with Crippen molar-refractivity contribution < 1.29 is 17.9 Å². The summed E-state index contributed by atoms with van der Waals surface area (Å²) in [6, 6.07) is 1.49. The van der Waals surface area contributed by atoms with Crippen molar-refractivity contribution >= 4 is 23.2 Å². The van der Waals surface area contributed by atoms with Crippen LogP contribution in [-0.2, 0) is 4.74 Å². The van der Waals surface area contributed by atoms with Crippen molar-refractivity contribution in [2.45, 2.75) is 64.4 Å². The molecule has 4 aliphatic rings. The minimum atomic E-state index is -4.18. The van der Waals surface area contributed by atoms with E-state index in [-0.39, 0.29) is 24.9 Å². The molecular weight excluding hydrogens is 447 g/mol. The van der Waals surface area contributed by atoms with Gasteiger partial charge in [0, 0.05) is 12.1 Å². The largest absolute Gasteiger partial charge is 0.391 e. The molecule has 3 atom stereocenters. The Balaban J connectivity index is 1.45. The first-order valence-corrected chi connectivity index (χ1v) is 11.6. The van der Waals surface area contributed by atoms with E-state index in [1.165, 1.54) is 0 Å². The van der Waals surface area contributed by atoms with Crippen LogP contribution in [0, 0.1) is 18.8 Å². The van der Waals surface area contributed by atoms with Gasteiger partial charge < -0.3 is 9.64 Å². The van der Waals surface area contributed by atoms with Gasteiger partial charge in [0.1, 0.15) is 11.6 Å². The first-order valence-electron chi connectivity index (χ1n) is 11.6. The highest BCUT2D eigenvalue weighted by molar-refractivity contribution is 6.44. The minimum absolute atomic E-state index is 0.0543. The van der Waals surface area contributed by atoms with Gasteiger partial charge in [0.15, 0.2) is 5.84 Å². The Bertz CT molecular complexity index is 1110. The molecule has 1 saturated heterocycles.